The molecule has 0 bridgehead atoms. The number of amides is 2. The van der Waals surface area contributed by atoms with Crippen LogP contribution in [0.1, 0.15) is 60.9 Å². The summed E-state index contributed by atoms with van der Waals surface area (Å²) >= 11 is 12.6. The van der Waals surface area contributed by atoms with Crippen LogP contribution in [-0.4, -0.2) is 56.6 Å². The second-order valence-corrected chi connectivity index (χ2v) is 10.7. The van der Waals surface area contributed by atoms with Gasteiger partial charge in [0.25, 0.3) is 5.91 Å². The lowest BCUT2D eigenvalue weighted by molar-refractivity contribution is 0.0193. The number of pyridine rings is 1. The SMILES string of the molecule is Cc1nc2c(c(-c3ccc(Cl)cc3Cl)c1CO)C(=O)N(C[C@@H]1CCCN1C(=O)OC(C)(C)C)C2. The van der Waals surface area contributed by atoms with E-state index < -0.39 is 5.60 Å². The van der Waals surface area contributed by atoms with Gasteiger partial charge in [0.2, 0.25) is 0 Å². The van der Waals surface area contributed by atoms with Crippen molar-refractivity contribution in [1.82, 2.24) is 14.8 Å². The molecule has 2 aliphatic rings. The van der Waals surface area contributed by atoms with Gasteiger partial charge in [-0.15, -0.1) is 0 Å². The molecule has 4 rings (SSSR count). The fourth-order valence-corrected chi connectivity index (χ4v) is 5.23. The molecule has 0 radical (unpaired) electrons. The summed E-state index contributed by atoms with van der Waals surface area (Å²) in [7, 11) is 0. The van der Waals surface area contributed by atoms with Crippen molar-refractivity contribution in [2.75, 3.05) is 13.1 Å². The highest BCUT2D eigenvalue weighted by Crippen LogP contribution is 2.40. The second-order valence-electron chi connectivity index (χ2n) is 9.81. The fraction of sp³-hybridized carbons (Fsp3) is 0.480. The van der Waals surface area contributed by atoms with Crippen molar-refractivity contribution in [2.45, 2.75) is 65.3 Å². The van der Waals surface area contributed by atoms with Gasteiger partial charge in [-0.3, -0.25) is 9.78 Å². The second kappa shape index (κ2) is 9.36. The van der Waals surface area contributed by atoms with E-state index in [9.17, 15) is 14.7 Å². The van der Waals surface area contributed by atoms with Gasteiger partial charge >= 0.3 is 6.09 Å². The molecule has 1 fully saturated rings. The monoisotopic (exact) mass is 505 g/mol. The van der Waals surface area contributed by atoms with Gasteiger partial charge in [0, 0.05) is 45.5 Å². The number of aryl methyl sites for hydroxylation is 1. The van der Waals surface area contributed by atoms with E-state index in [2.05, 4.69) is 4.98 Å². The summed E-state index contributed by atoms with van der Waals surface area (Å²) in [5.74, 6) is -0.186. The average molecular weight is 506 g/mol. The van der Waals surface area contributed by atoms with Crippen LogP contribution in [0.5, 0.6) is 0 Å². The normalized spacial score (nSPS) is 18.0. The number of ether oxygens (including phenoxy) is 1. The van der Waals surface area contributed by atoms with E-state index in [4.69, 9.17) is 27.9 Å². The molecular weight excluding hydrogens is 477 g/mol. The van der Waals surface area contributed by atoms with E-state index >= 15 is 0 Å². The number of hydrogen-bond donors (Lipinski definition) is 1. The van der Waals surface area contributed by atoms with Crippen LogP contribution >= 0.6 is 23.2 Å². The smallest absolute Gasteiger partial charge is 0.410 e. The van der Waals surface area contributed by atoms with E-state index in [0.29, 0.717) is 63.3 Å². The molecule has 1 aromatic carbocycles. The van der Waals surface area contributed by atoms with Gasteiger partial charge < -0.3 is 19.6 Å². The number of benzene rings is 1. The zero-order chi connectivity index (χ0) is 24.8. The van der Waals surface area contributed by atoms with Crippen molar-refractivity contribution in [3.63, 3.8) is 0 Å². The number of aliphatic hydroxyl groups excluding tert-OH is 1. The van der Waals surface area contributed by atoms with E-state index in [-0.39, 0.29) is 24.6 Å². The van der Waals surface area contributed by atoms with Crippen LogP contribution in [0.4, 0.5) is 4.79 Å². The Morgan fingerprint density at radius 1 is 1.26 bits per heavy atom. The lowest BCUT2D eigenvalue weighted by atomic mass is 9.93. The minimum Gasteiger partial charge on any atom is -0.444 e. The molecule has 1 N–H and O–H groups in total. The quantitative estimate of drug-likeness (QED) is 0.616. The maximum Gasteiger partial charge on any atom is 0.410 e. The summed E-state index contributed by atoms with van der Waals surface area (Å²) in [5.41, 5.74) is 2.93. The molecule has 2 aliphatic heterocycles. The number of rotatable bonds is 4. The first kappa shape index (κ1) is 24.8. The van der Waals surface area contributed by atoms with Crippen LogP contribution in [-0.2, 0) is 17.9 Å². The molecule has 0 unspecified atom stereocenters. The Balaban J connectivity index is 1.66. The topological polar surface area (TPSA) is 83.0 Å². The predicted octanol–water partition coefficient (Wildman–Crippen LogP) is 5.21. The third-order valence-corrected chi connectivity index (χ3v) is 6.76. The summed E-state index contributed by atoms with van der Waals surface area (Å²) in [6.07, 6.45) is 1.30. The van der Waals surface area contributed by atoms with E-state index in [1.807, 2.05) is 27.7 Å². The first-order valence-corrected chi connectivity index (χ1v) is 12.1. The zero-order valence-corrected chi connectivity index (χ0v) is 21.3. The summed E-state index contributed by atoms with van der Waals surface area (Å²) in [5, 5.41) is 11.0. The van der Waals surface area contributed by atoms with Gasteiger partial charge in [-0.2, -0.15) is 0 Å². The van der Waals surface area contributed by atoms with Gasteiger partial charge in [0.05, 0.1) is 30.5 Å². The molecule has 0 saturated carbocycles. The van der Waals surface area contributed by atoms with E-state index in [1.165, 1.54) is 0 Å². The van der Waals surface area contributed by atoms with Crippen molar-refractivity contribution in [3.05, 3.63) is 50.8 Å². The Labute approximate surface area is 209 Å². The fourth-order valence-electron chi connectivity index (χ4n) is 4.73. The summed E-state index contributed by atoms with van der Waals surface area (Å²) in [6.45, 7) is 8.38. The number of hydrogen-bond acceptors (Lipinski definition) is 5. The lowest BCUT2D eigenvalue weighted by Crippen LogP contribution is -2.45. The Kier molecular flexibility index (Phi) is 6.82. The molecule has 1 aromatic heterocycles. The molecule has 34 heavy (non-hydrogen) atoms. The number of nitrogens with zero attached hydrogens (tertiary/aromatic N) is 3. The predicted molar refractivity (Wildman–Crippen MR) is 131 cm³/mol. The Morgan fingerprint density at radius 3 is 2.65 bits per heavy atom. The van der Waals surface area contributed by atoms with Gasteiger partial charge in [-0.25, -0.2) is 4.79 Å². The highest BCUT2D eigenvalue weighted by Gasteiger charge is 2.39. The van der Waals surface area contributed by atoms with Crippen molar-refractivity contribution in [1.29, 1.82) is 0 Å². The van der Waals surface area contributed by atoms with Gasteiger partial charge in [-0.1, -0.05) is 29.3 Å². The molecule has 7 nitrogen and oxygen atoms in total. The van der Waals surface area contributed by atoms with Crippen molar-refractivity contribution >= 4 is 35.2 Å². The molecule has 9 heteroatoms. The molecule has 3 heterocycles. The molecule has 1 atom stereocenters. The van der Waals surface area contributed by atoms with Gasteiger partial charge in [-0.05, 0) is 52.7 Å². The van der Waals surface area contributed by atoms with Crippen LogP contribution in [0.15, 0.2) is 18.2 Å². The van der Waals surface area contributed by atoms with Gasteiger partial charge in [0.15, 0.2) is 0 Å². The summed E-state index contributed by atoms with van der Waals surface area (Å²) < 4.78 is 5.57. The molecule has 0 spiro atoms. The minimum absolute atomic E-state index is 0.130. The molecule has 2 aromatic rings. The van der Waals surface area contributed by atoms with Crippen LogP contribution in [0.3, 0.4) is 0 Å². The number of aliphatic hydroxyl groups is 1. The van der Waals surface area contributed by atoms with Crippen molar-refractivity contribution in [3.8, 4) is 11.1 Å². The van der Waals surface area contributed by atoms with Crippen LogP contribution < -0.4 is 0 Å². The number of aromatic nitrogens is 1. The number of likely N-dealkylation sites (tertiary alicyclic amines) is 1. The van der Waals surface area contributed by atoms with E-state index in [1.54, 1.807) is 28.0 Å². The zero-order valence-electron chi connectivity index (χ0n) is 19.8. The largest absolute Gasteiger partial charge is 0.444 e. The Morgan fingerprint density at radius 2 is 2.00 bits per heavy atom. The average Bonchev–Trinajstić information content (AvgIpc) is 3.31. The first-order valence-electron chi connectivity index (χ1n) is 11.4. The molecule has 0 aliphatic carbocycles. The number of halogens is 2. The summed E-state index contributed by atoms with van der Waals surface area (Å²) in [6, 6.07) is 4.96. The van der Waals surface area contributed by atoms with Crippen molar-refractivity contribution < 1.29 is 19.4 Å². The molecule has 2 amide bonds. The van der Waals surface area contributed by atoms with Crippen LogP contribution in [0, 0.1) is 6.92 Å². The Hall–Kier alpha value is -2.35. The molecule has 182 valence electrons. The Bertz CT molecular complexity index is 1150. The maximum absolute atomic E-state index is 13.6. The minimum atomic E-state index is -0.585. The highest BCUT2D eigenvalue weighted by atomic mass is 35.5. The van der Waals surface area contributed by atoms with Crippen LogP contribution in [0.2, 0.25) is 10.0 Å². The first-order chi connectivity index (χ1) is 16.0. The highest BCUT2D eigenvalue weighted by molar-refractivity contribution is 6.36. The molecule has 1 saturated heterocycles. The van der Waals surface area contributed by atoms with Gasteiger partial charge in [0.1, 0.15) is 5.60 Å². The van der Waals surface area contributed by atoms with E-state index in [0.717, 1.165) is 12.8 Å². The summed E-state index contributed by atoms with van der Waals surface area (Å²) in [4.78, 5) is 34.4. The van der Waals surface area contributed by atoms with Crippen LogP contribution in [0.25, 0.3) is 11.1 Å². The maximum atomic E-state index is 13.6. The lowest BCUT2D eigenvalue weighted by Gasteiger charge is -2.30. The number of carbonyl (C=O) groups is 2. The standard InChI is InChI=1S/C25H29Cl2N3O4/c1-14-18(13-31)21(17-8-7-15(26)10-19(17)27)22-20(28-14)12-29(23(22)32)11-16-6-5-9-30(16)24(33)34-25(2,3)4/h7-8,10,16,31H,5-6,9,11-13H2,1-4H3/t16-/m0/s1. The number of fused-ring (bicyclic) bond motifs is 1. The number of carbonyl (C=O) groups excluding carboxylic acids is 2. The third kappa shape index (κ3) is 4.74. The van der Waals surface area contributed by atoms with Crippen molar-refractivity contribution in [2.24, 2.45) is 0 Å². The molecular formula is C25H29Cl2N3O4. The third-order valence-electron chi connectivity index (χ3n) is 6.22.